The Balaban J connectivity index is 1.91. The minimum atomic E-state index is -2.34. The van der Waals surface area contributed by atoms with E-state index in [0.29, 0.717) is 11.7 Å². The lowest BCUT2D eigenvalue weighted by atomic mass is 10.0. The van der Waals surface area contributed by atoms with E-state index in [1.165, 1.54) is 4.90 Å². The molecule has 1 amide bonds. The van der Waals surface area contributed by atoms with Crippen LogP contribution in [0.2, 0.25) is 0 Å². The van der Waals surface area contributed by atoms with Crippen LogP contribution in [0.5, 0.6) is 5.75 Å². The number of carboxylic acid groups (broad SMARTS) is 1. The molecule has 1 heterocycles. The first-order valence-electron chi connectivity index (χ1n) is 7.25. The molecule has 0 bridgehead atoms. The first-order chi connectivity index (χ1) is 10.3. The average molecular weight is 309 g/mol. The molecule has 1 N–H and O–H groups in total. The van der Waals surface area contributed by atoms with E-state index in [9.17, 15) is 14.0 Å². The van der Waals surface area contributed by atoms with Gasteiger partial charge in [-0.3, -0.25) is 4.79 Å². The average Bonchev–Trinajstić information content (AvgIpc) is 2.89. The maximum absolute atomic E-state index is 13.9. The molecule has 5 nitrogen and oxygen atoms in total. The van der Waals surface area contributed by atoms with Crippen LogP contribution >= 0.6 is 0 Å². The van der Waals surface area contributed by atoms with Crippen LogP contribution in [-0.2, 0) is 9.59 Å². The summed E-state index contributed by atoms with van der Waals surface area (Å²) >= 11 is 0. The Morgan fingerprint density at radius 2 is 2.18 bits per heavy atom. The predicted octanol–water partition coefficient (Wildman–Crippen LogP) is 2.21. The maximum atomic E-state index is 13.9. The number of carbonyl (C=O) groups is 2. The number of likely N-dealkylation sites (tertiary alicyclic amines) is 1. The number of carbonyl (C=O) groups excluding carboxylic acids is 1. The molecule has 6 heteroatoms. The van der Waals surface area contributed by atoms with Crippen LogP contribution < -0.4 is 4.74 Å². The highest BCUT2D eigenvalue weighted by Crippen LogP contribution is 2.26. The van der Waals surface area contributed by atoms with Crippen molar-refractivity contribution in [3.63, 3.8) is 0 Å². The highest BCUT2D eigenvalue weighted by Gasteiger charge is 2.46. The smallest absolute Gasteiger partial charge is 0.343 e. The van der Waals surface area contributed by atoms with Gasteiger partial charge >= 0.3 is 5.97 Å². The lowest BCUT2D eigenvalue weighted by Crippen LogP contribution is -2.40. The van der Waals surface area contributed by atoms with Crippen LogP contribution in [-0.4, -0.2) is 47.2 Å². The van der Waals surface area contributed by atoms with E-state index in [1.807, 2.05) is 18.2 Å². The van der Waals surface area contributed by atoms with Crippen molar-refractivity contribution in [2.75, 3.05) is 19.7 Å². The molecule has 22 heavy (non-hydrogen) atoms. The fourth-order valence-electron chi connectivity index (χ4n) is 2.36. The summed E-state index contributed by atoms with van der Waals surface area (Å²) < 4.78 is 19.4. The van der Waals surface area contributed by atoms with Crippen LogP contribution in [0.4, 0.5) is 4.39 Å². The molecule has 1 aliphatic heterocycles. The van der Waals surface area contributed by atoms with Gasteiger partial charge in [-0.25, -0.2) is 9.18 Å². The summed E-state index contributed by atoms with van der Waals surface area (Å²) in [5.41, 5.74) is -1.24. The molecule has 1 fully saturated rings. The first-order valence-corrected chi connectivity index (χ1v) is 7.25. The third kappa shape index (κ3) is 3.55. The molecule has 0 spiro atoms. The molecule has 1 aromatic rings. The molecule has 1 saturated heterocycles. The van der Waals surface area contributed by atoms with Crippen molar-refractivity contribution in [2.45, 2.75) is 31.9 Å². The second-order valence-electron chi connectivity index (χ2n) is 5.85. The number of hydrogen-bond donors (Lipinski definition) is 1. The van der Waals surface area contributed by atoms with Gasteiger partial charge in [0.1, 0.15) is 5.75 Å². The summed E-state index contributed by atoms with van der Waals surface area (Å²) in [7, 11) is 0. The molecule has 0 radical (unpaired) electrons. The van der Waals surface area contributed by atoms with Gasteiger partial charge in [-0.1, -0.05) is 26.0 Å². The summed E-state index contributed by atoms with van der Waals surface area (Å²) in [6, 6.07) is 7.44. The van der Waals surface area contributed by atoms with E-state index in [0.717, 1.165) is 5.56 Å². The van der Waals surface area contributed by atoms with Gasteiger partial charge in [-0.2, -0.15) is 0 Å². The Labute approximate surface area is 128 Å². The van der Waals surface area contributed by atoms with Crippen LogP contribution in [0.1, 0.15) is 31.7 Å². The van der Waals surface area contributed by atoms with Gasteiger partial charge in [0.15, 0.2) is 6.61 Å². The lowest BCUT2D eigenvalue weighted by molar-refractivity contribution is -0.150. The van der Waals surface area contributed by atoms with Gasteiger partial charge in [0.25, 0.3) is 5.91 Å². The Kier molecular flexibility index (Phi) is 4.68. The number of carboxylic acids is 1. The van der Waals surface area contributed by atoms with Gasteiger partial charge < -0.3 is 14.7 Å². The number of amides is 1. The largest absolute Gasteiger partial charge is 0.484 e. The number of hydrogen-bond acceptors (Lipinski definition) is 3. The standard InChI is InChI=1S/C16H20FNO4/c1-11(2)12-4-3-5-13(8-12)22-9-14(19)18-7-6-16(17,10-18)15(20)21/h3-5,8,11H,6-7,9-10H2,1-2H3,(H,20,21). The molecule has 1 aliphatic rings. The fraction of sp³-hybridized carbons (Fsp3) is 0.500. The van der Waals surface area contributed by atoms with E-state index >= 15 is 0 Å². The third-order valence-corrected chi connectivity index (χ3v) is 3.84. The minimum absolute atomic E-state index is 0.0943. The molecule has 120 valence electrons. The Morgan fingerprint density at radius 1 is 1.45 bits per heavy atom. The quantitative estimate of drug-likeness (QED) is 0.905. The van der Waals surface area contributed by atoms with E-state index < -0.39 is 24.1 Å². The van der Waals surface area contributed by atoms with Crippen molar-refractivity contribution in [1.29, 1.82) is 0 Å². The van der Waals surface area contributed by atoms with Crippen molar-refractivity contribution in [2.24, 2.45) is 0 Å². The number of nitrogens with zero attached hydrogens (tertiary/aromatic N) is 1. The number of halogens is 1. The first kappa shape index (κ1) is 16.3. The molecule has 1 unspecified atom stereocenters. The Hall–Kier alpha value is -2.11. The summed E-state index contributed by atoms with van der Waals surface area (Å²) in [5.74, 6) is -1.01. The molecular formula is C16H20FNO4. The molecule has 2 rings (SSSR count). The molecule has 0 aliphatic carbocycles. The normalized spacial score (nSPS) is 21.2. The number of aliphatic carboxylic acids is 1. The van der Waals surface area contributed by atoms with Gasteiger partial charge in [-0.15, -0.1) is 0 Å². The number of ether oxygens (including phenoxy) is 1. The van der Waals surface area contributed by atoms with E-state index in [4.69, 9.17) is 9.84 Å². The number of rotatable bonds is 5. The van der Waals surface area contributed by atoms with Crippen molar-refractivity contribution < 1.29 is 23.8 Å². The Morgan fingerprint density at radius 3 is 2.77 bits per heavy atom. The van der Waals surface area contributed by atoms with Gasteiger partial charge in [0.2, 0.25) is 5.67 Å². The second kappa shape index (κ2) is 6.34. The van der Waals surface area contributed by atoms with Gasteiger partial charge in [0, 0.05) is 13.0 Å². The maximum Gasteiger partial charge on any atom is 0.343 e. The van der Waals surface area contributed by atoms with Crippen molar-refractivity contribution >= 4 is 11.9 Å². The van der Waals surface area contributed by atoms with Gasteiger partial charge in [-0.05, 0) is 23.6 Å². The minimum Gasteiger partial charge on any atom is -0.484 e. The van der Waals surface area contributed by atoms with E-state index in [1.54, 1.807) is 6.07 Å². The summed E-state index contributed by atoms with van der Waals surface area (Å²) in [4.78, 5) is 24.0. The third-order valence-electron chi connectivity index (χ3n) is 3.84. The zero-order chi connectivity index (χ0) is 16.3. The van der Waals surface area contributed by atoms with E-state index in [-0.39, 0.29) is 19.6 Å². The second-order valence-corrected chi connectivity index (χ2v) is 5.85. The van der Waals surface area contributed by atoms with Gasteiger partial charge in [0.05, 0.1) is 6.54 Å². The van der Waals surface area contributed by atoms with Crippen molar-refractivity contribution in [3.8, 4) is 5.75 Å². The SMILES string of the molecule is CC(C)c1cccc(OCC(=O)N2CCC(F)(C(=O)O)C2)c1. The fourth-order valence-corrected chi connectivity index (χ4v) is 2.36. The molecule has 1 aromatic carbocycles. The molecule has 0 saturated carbocycles. The molecule has 0 aromatic heterocycles. The topological polar surface area (TPSA) is 66.8 Å². The number of alkyl halides is 1. The Bertz CT molecular complexity index is 575. The highest BCUT2D eigenvalue weighted by molar-refractivity contribution is 5.83. The summed E-state index contributed by atoms with van der Waals surface area (Å²) in [6.45, 7) is 3.56. The van der Waals surface area contributed by atoms with Crippen LogP contribution in [0.25, 0.3) is 0 Å². The molecule has 1 atom stereocenters. The zero-order valence-corrected chi connectivity index (χ0v) is 12.7. The van der Waals surface area contributed by atoms with Crippen LogP contribution in [0.15, 0.2) is 24.3 Å². The summed E-state index contributed by atoms with van der Waals surface area (Å²) in [5, 5.41) is 8.82. The number of benzene rings is 1. The zero-order valence-electron chi connectivity index (χ0n) is 12.7. The lowest BCUT2D eigenvalue weighted by Gasteiger charge is -2.18. The molecular weight excluding hydrogens is 289 g/mol. The van der Waals surface area contributed by atoms with E-state index in [2.05, 4.69) is 13.8 Å². The monoisotopic (exact) mass is 309 g/mol. The van der Waals surface area contributed by atoms with Crippen LogP contribution in [0.3, 0.4) is 0 Å². The summed E-state index contributed by atoms with van der Waals surface area (Å²) in [6.07, 6.45) is -0.184. The predicted molar refractivity (Wildman–Crippen MR) is 78.7 cm³/mol. The highest BCUT2D eigenvalue weighted by atomic mass is 19.1. The van der Waals surface area contributed by atoms with Crippen molar-refractivity contribution in [3.05, 3.63) is 29.8 Å². The van der Waals surface area contributed by atoms with Crippen LogP contribution in [0, 0.1) is 0 Å². The van der Waals surface area contributed by atoms with Crippen molar-refractivity contribution in [1.82, 2.24) is 4.90 Å².